The van der Waals surface area contributed by atoms with Gasteiger partial charge in [-0.05, 0) is 29.7 Å². The van der Waals surface area contributed by atoms with Gasteiger partial charge >= 0.3 is 5.97 Å². The van der Waals surface area contributed by atoms with Gasteiger partial charge < -0.3 is 4.74 Å². The number of esters is 1. The molecule has 1 aliphatic rings. The molecule has 2 heterocycles. The van der Waals surface area contributed by atoms with Gasteiger partial charge in [0, 0.05) is 37.5 Å². The molecule has 118 valence electrons. The molecule has 5 heteroatoms. The lowest BCUT2D eigenvalue weighted by atomic mass is 9.91. The highest BCUT2D eigenvalue weighted by Gasteiger charge is 2.19. The number of aromatic nitrogens is 2. The van der Waals surface area contributed by atoms with E-state index in [-0.39, 0.29) is 11.9 Å². The second-order valence-corrected chi connectivity index (χ2v) is 5.71. The molecule has 3 rings (SSSR count). The number of rotatable bonds is 3. The van der Waals surface area contributed by atoms with E-state index in [2.05, 4.69) is 16.2 Å². The number of benzene rings is 1. The van der Waals surface area contributed by atoms with Gasteiger partial charge in [-0.3, -0.25) is 9.67 Å². The van der Waals surface area contributed by atoms with Crippen LogP contribution in [0.5, 0.6) is 0 Å². The Morgan fingerprint density at radius 2 is 2.22 bits per heavy atom. The average molecular weight is 309 g/mol. The fraction of sp³-hybridized carbons (Fsp3) is 0.278. The number of allylic oxidation sites excluding steroid dienone is 1. The first-order valence-electron chi connectivity index (χ1n) is 7.48. The van der Waals surface area contributed by atoms with Crippen LogP contribution < -0.4 is 0 Å². The minimum Gasteiger partial charge on any atom is -0.465 e. The first-order chi connectivity index (χ1) is 11.1. The summed E-state index contributed by atoms with van der Waals surface area (Å²) in [5.74, 6) is -0.155. The average Bonchev–Trinajstić information content (AvgIpc) is 3.00. The van der Waals surface area contributed by atoms with Crippen molar-refractivity contribution in [3.8, 4) is 11.1 Å². The van der Waals surface area contributed by atoms with Crippen molar-refractivity contribution in [3.63, 3.8) is 0 Å². The number of nitrogens with zero attached hydrogens (tertiary/aromatic N) is 3. The van der Waals surface area contributed by atoms with Crippen molar-refractivity contribution in [1.29, 1.82) is 0 Å². The molecule has 1 atom stereocenters. The molecule has 1 aromatic carbocycles. The van der Waals surface area contributed by atoms with Gasteiger partial charge in [-0.1, -0.05) is 18.2 Å². The molecule has 0 radical (unpaired) electrons. The summed E-state index contributed by atoms with van der Waals surface area (Å²) in [7, 11) is 3.25. The van der Waals surface area contributed by atoms with Crippen LogP contribution in [0.2, 0.25) is 0 Å². The topological polar surface area (TPSA) is 56.5 Å². The van der Waals surface area contributed by atoms with Crippen molar-refractivity contribution >= 4 is 12.2 Å². The Kier molecular flexibility index (Phi) is 4.10. The number of aliphatic imine (C=N–C) groups is 1. The van der Waals surface area contributed by atoms with E-state index in [1.165, 1.54) is 7.11 Å². The number of carbonyl (C=O) groups excluding carboxylic acids is 1. The molecule has 0 bridgehead atoms. The Labute approximate surface area is 135 Å². The highest BCUT2D eigenvalue weighted by Crippen LogP contribution is 2.29. The second kappa shape index (κ2) is 6.20. The molecule has 0 amide bonds. The van der Waals surface area contributed by atoms with Gasteiger partial charge in [0.25, 0.3) is 0 Å². The van der Waals surface area contributed by atoms with E-state index in [1.54, 1.807) is 10.9 Å². The lowest BCUT2D eigenvalue weighted by molar-refractivity contribution is 0.0601. The smallest absolute Gasteiger partial charge is 0.338 e. The van der Waals surface area contributed by atoms with Crippen LogP contribution in [0, 0.1) is 0 Å². The number of dihydropyridines is 1. The minimum absolute atomic E-state index is 0.186. The molecule has 1 unspecified atom stereocenters. The Morgan fingerprint density at radius 1 is 1.39 bits per heavy atom. The monoisotopic (exact) mass is 309 g/mol. The summed E-state index contributed by atoms with van der Waals surface area (Å²) in [4.78, 5) is 16.6. The van der Waals surface area contributed by atoms with Crippen molar-refractivity contribution in [1.82, 2.24) is 9.78 Å². The van der Waals surface area contributed by atoms with E-state index in [9.17, 15) is 4.79 Å². The third-order valence-corrected chi connectivity index (χ3v) is 3.95. The van der Waals surface area contributed by atoms with Crippen LogP contribution in [0.4, 0.5) is 0 Å². The van der Waals surface area contributed by atoms with E-state index in [0.29, 0.717) is 12.1 Å². The van der Waals surface area contributed by atoms with Gasteiger partial charge in [-0.2, -0.15) is 5.10 Å². The largest absolute Gasteiger partial charge is 0.465 e. The fourth-order valence-electron chi connectivity index (χ4n) is 2.81. The van der Waals surface area contributed by atoms with Crippen molar-refractivity contribution < 1.29 is 9.53 Å². The SMILES string of the molecule is COC(=O)c1cc(C2C=C(C)C=NC2)ccc1-c1cnn(C)c1. The number of carbonyl (C=O) groups is 1. The third kappa shape index (κ3) is 3.08. The lowest BCUT2D eigenvalue weighted by Gasteiger charge is -2.17. The zero-order chi connectivity index (χ0) is 16.4. The van der Waals surface area contributed by atoms with Gasteiger partial charge in [-0.15, -0.1) is 0 Å². The van der Waals surface area contributed by atoms with Crippen molar-refractivity contribution in [2.75, 3.05) is 13.7 Å². The summed E-state index contributed by atoms with van der Waals surface area (Å²) >= 11 is 0. The maximum atomic E-state index is 12.2. The lowest BCUT2D eigenvalue weighted by Crippen LogP contribution is -2.09. The van der Waals surface area contributed by atoms with E-state index in [0.717, 1.165) is 22.3 Å². The predicted octanol–water partition coefficient (Wildman–Crippen LogP) is 2.99. The van der Waals surface area contributed by atoms with Gasteiger partial charge in [-0.25, -0.2) is 4.79 Å². The second-order valence-electron chi connectivity index (χ2n) is 5.71. The summed E-state index contributed by atoms with van der Waals surface area (Å²) in [5, 5.41) is 4.18. The summed E-state index contributed by atoms with van der Waals surface area (Å²) in [5.41, 5.74) is 4.48. The Hall–Kier alpha value is -2.69. The zero-order valence-corrected chi connectivity index (χ0v) is 13.5. The van der Waals surface area contributed by atoms with Crippen molar-refractivity contribution in [3.05, 3.63) is 53.4 Å². The van der Waals surface area contributed by atoms with Gasteiger partial charge in [0.15, 0.2) is 0 Å². The number of ether oxygens (including phenoxy) is 1. The molecule has 1 aliphatic heterocycles. The molecule has 2 aromatic rings. The number of aryl methyl sites for hydroxylation is 1. The van der Waals surface area contributed by atoms with Gasteiger partial charge in [0.1, 0.15) is 0 Å². The molecule has 23 heavy (non-hydrogen) atoms. The molecule has 0 saturated heterocycles. The highest BCUT2D eigenvalue weighted by molar-refractivity contribution is 5.97. The number of hydrogen-bond donors (Lipinski definition) is 0. The molecule has 0 aliphatic carbocycles. The Bertz CT molecular complexity index is 802. The maximum Gasteiger partial charge on any atom is 0.338 e. The Morgan fingerprint density at radius 3 is 2.87 bits per heavy atom. The molecular formula is C18H19N3O2. The number of methoxy groups -OCH3 is 1. The van der Waals surface area contributed by atoms with E-state index < -0.39 is 0 Å². The van der Waals surface area contributed by atoms with Crippen LogP contribution in [-0.2, 0) is 11.8 Å². The standard InChI is InChI=1S/C18H19N3O2/c1-12-6-14(9-19-8-12)13-4-5-16(15-10-20-21(2)11-15)17(7-13)18(22)23-3/h4-8,10-11,14H,9H2,1-3H3. The summed E-state index contributed by atoms with van der Waals surface area (Å²) in [6, 6.07) is 5.91. The van der Waals surface area contributed by atoms with Crippen LogP contribution in [0.25, 0.3) is 11.1 Å². The third-order valence-electron chi connectivity index (χ3n) is 3.95. The van der Waals surface area contributed by atoms with E-state index in [1.807, 2.05) is 44.6 Å². The van der Waals surface area contributed by atoms with Gasteiger partial charge in [0.2, 0.25) is 0 Å². The first-order valence-corrected chi connectivity index (χ1v) is 7.48. The molecule has 0 fully saturated rings. The van der Waals surface area contributed by atoms with Crippen LogP contribution in [-0.4, -0.2) is 35.6 Å². The molecule has 0 saturated carbocycles. The maximum absolute atomic E-state index is 12.2. The quantitative estimate of drug-likeness (QED) is 0.819. The van der Waals surface area contributed by atoms with Crippen LogP contribution in [0.1, 0.15) is 28.8 Å². The van der Waals surface area contributed by atoms with Crippen LogP contribution in [0.15, 0.2) is 47.2 Å². The fourth-order valence-corrected chi connectivity index (χ4v) is 2.81. The first kappa shape index (κ1) is 15.2. The van der Waals surface area contributed by atoms with Gasteiger partial charge in [0.05, 0.1) is 18.9 Å². The minimum atomic E-state index is -0.342. The van der Waals surface area contributed by atoms with Crippen molar-refractivity contribution in [2.24, 2.45) is 12.0 Å². The van der Waals surface area contributed by atoms with Crippen LogP contribution in [0.3, 0.4) is 0 Å². The van der Waals surface area contributed by atoms with Crippen molar-refractivity contribution in [2.45, 2.75) is 12.8 Å². The van der Waals surface area contributed by atoms with E-state index >= 15 is 0 Å². The normalized spacial score (nSPS) is 17.0. The molecule has 0 N–H and O–H groups in total. The summed E-state index contributed by atoms with van der Waals surface area (Å²) < 4.78 is 6.67. The Balaban J connectivity index is 2.05. The number of hydrogen-bond acceptors (Lipinski definition) is 4. The highest BCUT2D eigenvalue weighted by atomic mass is 16.5. The molecular weight excluding hydrogens is 290 g/mol. The molecule has 1 aromatic heterocycles. The zero-order valence-electron chi connectivity index (χ0n) is 13.5. The predicted molar refractivity (Wildman–Crippen MR) is 89.8 cm³/mol. The van der Waals surface area contributed by atoms with E-state index in [4.69, 9.17) is 4.74 Å². The summed E-state index contributed by atoms with van der Waals surface area (Å²) in [6.45, 7) is 2.73. The summed E-state index contributed by atoms with van der Waals surface area (Å²) in [6.07, 6.45) is 7.68. The molecule has 5 nitrogen and oxygen atoms in total. The molecule has 0 spiro atoms. The van der Waals surface area contributed by atoms with Crippen LogP contribution >= 0.6 is 0 Å².